The molecule has 2 unspecified atom stereocenters. The van der Waals surface area contributed by atoms with E-state index in [0.717, 1.165) is 19.4 Å². The minimum absolute atomic E-state index is 0.362. The van der Waals surface area contributed by atoms with Gasteiger partial charge in [0.25, 0.3) is 0 Å². The monoisotopic (exact) mass is 241 g/mol. The molecule has 0 amide bonds. The molecular weight excluding hydrogens is 210 g/mol. The standard InChI is InChI=1S/C15H31NO/c1-5-8-9-10-11-12-14(16-13-6-2)15(7-3)17-4/h5,14-16H,1,6-13H2,2-4H3. The molecule has 0 aliphatic carbocycles. The summed E-state index contributed by atoms with van der Waals surface area (Å²) < 4.78 is 5.56. The summed E-state index contributed by atoms with van der Waals surface area (Å²) in [5.74, 6) is 0. The first-order valence-electron chi connectivity index (χ1n) is 7.17. The molecule has 2 atom stereocenters. The van der Waals surface area contributed by atoms with Crippen molar-refractivity contribution in [2.45, 2.75) is 70.9 Å². The van der Waals surface area contributed by atoms with Crippen molar-refractivity contribution in [1.29, 1.82) is 0 Å². The van der Waals surface area contributed by atoms with Gasteiger partial charge in [0.1, 0.15) is 0 Å². The number of hydrogen-bond acceptors (Lipinski definition) is 2. The minimum Gasteiger partial charge on any atom is -0.380 e. The number of nitrogens with one attached hydrogen (secondary N) is 1. The zero-order valence-corrected chi connectivity index (χ0v) is 12.0. The van der Waals surface area contributed by atoms with Crippen LogP contribution in [0, 0.1) is 0 Å². The normalized spacial score (nSPS) is 14.5. The SMILES string of the molecule is C=CCCCCCC(NCCC)C(CC)OC. The van der Waals surface area contributed by atoms with Gasteiger partial charge in [-0.2, -0.15) is 0 Å². The molecule has 1 N–H and O–H groups in total. The van der Waals surface area contributed by atoms with Crippen molar-refractivity contribution in [2.24, 2.45) is 0 Å². The fraction of sp³-hybridized carbons (Fsp3) is 0.867. The van der Waals surface area contributed by atoms with Crippen molar-refractivity contribution in [3.63, 3.8) is 0 Å². The summed E-state index contributed by atoms with van der Waals surface area (Å²) in [5, 5.41) is 3.62. The largest absolute Gasteiger partial charge is 0.380 e. The lowest BCUT2D eigenvalue weighted by molar-refractivity contribution is 0.0616. The van der Waals surface area contributed by atoms with E-state index in [2.05, 4.69) is 25.7 Å². The van der Waals surface area contributed by atoms with Crippen LogP contribution in [0.15, 0.2) is 12.7 Å². The molecule has 0 fully saturated rings. The van der Waals surface area contributed by atoms with Crippen LogP contribution in [0.25, 0.3) is 0 Å². The maximum absolute atomic E-state index is 5.56. The van der Waals surface area contributed by atoms with Crippen LogP contribution >= 0.6 is 0 Å². The highest BCUT2D eigenvalue weighted by atomic mass is 16.5. The van der Waals surface area contributed by atoms with E-state index >= 15 is 0 Å². The van der Waals surface area contributed by atoms with Gasteiger partial charge in [-0.3, -0.25) is 0 Å². The quantitative estimate of drug-likeness (QED) is 0.413. The van der Waals surface area contributed by atoms with Gasteiger partial charge in [-0.25, -0.2) is 0 Å². The summed E-state index contributed by atoms with van der Waals surface area (Å²) in [6.45, 7) is 9.26. The first kappa shape index (κ1) is 16.7. The number of methoxy groups -OCH3 is 1. The predicted molar refractivity (Wildman–Crippen MR) is 76.5 cm³/mol. The van der Waals surface area contributed by atoms with Crippen LogP contribution in [0.3, 0.4) is 0 Å². The van der Waals surface area contributed by atoms with Crippen LogP contribution in [0.5, 0.6) is 0 Å². The van der Waals surface area contributed by atoms with Gasteiger partial charge in [-0.05, 0) is 38.6 Å². The fourth-order valence-corrected chi connectivity index (χ4v) is 2.19. The van der Waals surface area contributed by atoms with E-state index < -0.39 is 0 Å². The highest BCUT2D eigenvalue weighted by Gasteiger charge is 2.17. The Morgan fingerprint density at radius 2 is 2.00 bits per heavy atom. The third-order valence-corrected chi connectivity index (χ3v) is 3.23. The molecule has 0 saturated carbocycles. The van der Waals surface area contributed by atoms with Crippen molar-refractivity contribution in [3.05, 3.63) is 12.7 Å². The Labute approximate surface area is 108 Å². The van der Waals surface area contributed by atoms with Crippen LogP contribution in [0.4, 0.5) is 0 Å². The van der Waals surface area contributed by atoms with Gasteiger partial charge in [0.2, 0.25) is 0 Å². The number of rotatable bonds is 12. The Balaban J connectivity index is 3.87. The van der Waals surface area contributed by atoms with Crippen LogP contribution in [0.2, 0.25) is 0 Å². The summed E-state index contributed by atoms with van der Waals surface area (Å²) in [7, 11) is 1.83. The molecule has 0 heterocycles. The molecule has 2 nitrogen and oxygen atoms in total. The van der Waals surface area contributed by atoms with E-state index in [-0.39, 0.29) is 0 Å². The topological polar surface area (TPSA) is 21.3 Å². The van der Waals surface area contributed by atoms with Crippen molar-refractivity contribution in [1.82, 2.24) is 5.32 Å². The maximum Gasteiger partial charge on any atom is 0.0721 e. The van der Waals surface area contributed by atoms with E-state index in [1.165, 1.54) is 32.1 Å². The fourth-order valence-electron chi connectivity index (χ4n) is 2.19. The van der Waals surface area contributed by atoms with Crippen LogP contribution < -0.4 is 5.32 Å². The molecule has 0 aliphatic heterocycles. The minimum atomic E-state index is 0.362. The van der Waals surface area contributed by atoms with Crippen molar-refractivity contribution in [2.75, 3.05) is 13.7 Å². The van der Waals surface area contributed by atoms with Gasteiger partial charge in [-0.15, -0.1) is 6.58 Å². The van der Waals surface area contributed by atoms with Gasteiger partial charge in [0.15, 0.2) is 0 Å². The average Bonchev–Trinajstić information content (AvgIpc) is 2.36. The molecule has 0 spiro atoms. The zero-order valence-electron chi connectivity index (χ0n) is 12.0. The Kier molecular flexibility index (Phi) is 11.9. The van der Waals surface area contributed by atoms with Crippen molar-refractivity contribution in [3.8, 4) is 0 Å². The first-order chi connectivity index (χ1) is 8.29. The molecule has 0 bridgehead atoms. The van der Waals surface area contributed by atoms with E-state index in [0.29, 0.717) is 12.1 Å². The lowest BCUT2D eigenvalue weighted by Crippen LogP contribution is -2.41. The molecular formula is C15H31NO. The van der Waals surface area contributed by atoms with E-state index in [1.807, 2.05) is 13.2 Å². The highest BCUT2D eigenvalue weighted by molar-refractivity contribution is 4.76. The molecule has 0 saturated heterocycles. The Morgan fingerprint density at radius 3 is 2.53 bits per heavy atom. The number of ether oxygens (including phenoxy) is 1. The van der Waals surface area contributed by atoms with Gasteiger partial charge in [-0.1, -0.05) is 32.8 Å². The summed E-state index contributed by atoms with van der Waals surface area (Å²) >= 11 is 0. The Morgan fingerprint density at radius 1 is 1.24 bits per heavy atom. The van der Waals surface area contributed by atoms with E-state index in [4.69, 9.17) is 4.74 Å². The third kappa shape index (κ3) is 8.39. The van der Waals surface area contributed by atoms with Crippen LogP contribution in [-0.4, -0.2) is 25.8 Å². The zero-order chi connectivity index (χ0) is 12.9. The molecule has 0 aliphatic rings. The molecule has 0 rings (SSSR count). The molecule has 0 radical (unpaired) electrons. The van der Waals surface area contributed by atoms with Crippen molar-refractivity contribution >= 4 is 0 Å². The lowest BCUT2D eigenvalue weighted by atomic mass is 10.0. The van der Waals surface area contributed by atoms with Crippen LogP contribution in [-0.2, 0) is 4.74 Å². The molecule has 102 valence electrons. The van der Waals surface area contributed by atoms with Gasteiger partial charge < -0.3 is 10.1 Å². The number of unbranched alkanes of at least 4 members (excludes halogenated alkanes) is 3. The average molecular weight is 241 g/mol. The highest BCUT2D eigenvalue weighted by Crippen LogP contribution is 2.12. The second-order valence-electron chi connectivity index (χ2n) is 4.67. The molecule has 17 heavy (non-hydrogen) atoms. The van der Waals surface area contributed by atoms with E-state index in [9.17, 15) is 0 Å². The second-order valence-corrected chi connectivity index (χ2v) is 4.67. The first-order valence-corrected chi connectivity index (χ1v) is 7.17. The Hall–Kier alpha value is -0.340. The molecule has 0 aromatic heterocycles. The summed E-state index contributed by atoms with van der Waals surface area (Å²) in [6, 6.07) is 0.522. The van der Waals surface area contributed by atoms with E-state index in [1.54, 1.807) is 0 Å². The third-order valence-electron chi connectivity index (χ3n) is 3.23. The number of allylic oxidation sites excluding steroid dienone is 1. The smallest absolute Gasteiger partial charge is 0.0721 e. The predicted octanol–water partition coefficient (Wildman–Crippen LogP) is 3.92. The van der Waals surface area contributed by atoms with Gasteiger partial charge >= 0.3 is 0 Å². The molecule has 0 aromatic carbocycles. The summed E-state index contributed by atoms with van der Waals surface area (Å²) in [5.41, 5.74) is 0. The number of hydrogen-bond donors (Lipinski definition) is 1. The van der Waals surface area contributed by atoms with Crippen LogP contribution in [0.1, 0.15) is 58.8 Å². The Bertz CT molecular complexity index is 166. The van der Waals surface area contributed by atoms with Gasteiger partial charge in [0, 0.05) is 13.2 Å². The summed E-state index contributed by atoms with van der Waals surface area (Å²) in [6.07, 6.45) is 10.9. The second kappa shape index (κ2) is 12.1. The molecule has 0 aromatic rings. The summed E-state index contributed by atoms with van der Waals surface area (Å²) in [4.78, 5) is 0. The molecule has 2 heteroatoms. The lowest BCUT2D eigenvalue weighted by Gasteiger charge is -2.26. The van der Waals surface area contributed by atoms with Crippen molar-refractivity contribution < 1.29 is 4.74 Å². The van der Waals surface area contributed by atoms with Gasteiger partial charge in [0.05, 0.1) is 6.10 Å². The maximum atomic E-state index is 5.56.